The van der Waals surface area contributed by atoms with Crippen molar-refractivity contribution in [1.82, 2.24) is 9.80 Å². The zero-order chi connectivity index (χ0) is 22.2. The maximum absolute atomic E-state index is 10.8. The van der Waals surface area contributed by atoms with E-state index in [1.54, 1.807) is 0 Å². The zero-order valence-corrected chi connectivity index (χ0v) is 18.1. The molecule has 4 aliphatic rings. The number of hydrogen-bond acceptors (Lipinski definition) is 4. The maximum Gasteiger partial charge on any atom is 0.307 e. The molecular formula is C26H30N2O4. The third-order valence-electron chi connectivity index (χ3n) is 7.61. The van der Waals surface area contributed by atoms with Gasteiger partial charge in [-0.2, -0.15) is 0 Å². The molecule has 2 heterocycles. The quantitative estimate of drug-likeness (QED) is 0.728. The van der Waals surface area contributed by atoms with E-state index in [1.807, 2.05) is 36.4 Å². The van der Waals surface area contributed by atoms with Gasteiger partial charge in [-0.05, 0) is 34.8 Å². The van der Waals surface area contributed by atoms with Gasteiger partial charge in [-0.3, -0.25) is 19.4 Å². The van der Waals surface area contributed by atoms with Gasteiger partial charge in [0.1, 0.15) is 0 Å². The SMILES string of the molecule is O=C(O)C1[C@H]2CN(Cc3ccccc3)C[C@@H]12.O=C(O)C1[C@H]2CN(Cc3ccccc3)C[C@@H]12. The van der Waals surface area contributed by atoms with Gasteiger partial charge in [0.2, 0.25) is 0 Å². The summed E-state index contributed by atoms with van der Waals surface area (Å²) in [6.07, 6.45) is 0. The lowest BCUT2D eigenvalue weighted by Gasteiger charge is -2.18. The van der Waals surface area contributed by atoms with E-state index >= 15 is 0 Å². The number of carboxylic acid groups (broad SMARTS) is 2. The van der Waals surface area contributed by atoms with E-state index < -0.39 is 11.9 Å². The van der Waals surface area contributed by atoms with Gasteiger partial charge in [-0.1, -0.05) is 60.7 Å². The average Bonchev–Trinajstić information content (AvgIpc) is 3.53. The molecule has 0 spiro atoms. The fourth-order valence-electron chi connectivity index (χ4n) is 5.90. The molecule has 0 amide bonds. The minimum atomic E-state index is -0.602. The molecule has 2 aromatic carbocycles. The van der Waals surface area contributed by atoms with Crippen LogP contribution in [0.1, 0.15) is 11.1 Å². The highest BCUT2D eigenvalue weighted by Crippen LogP contribution is 2.52. The predicted molar refractivity (Wildman–Crippen MR) is 120 cm³/mol. The van der Waals surface area contributed by atoms with E-state index in [4.69, 9.17) is 10.2 Å². The number of carbonyl (C=O) groups is 2. The van der Waals surface area contributed by atoms with Gasteiger partial charge < -0.3 is 10.2 Å². The number of benzene rings is 2. The molecular weight excluding hydrogens is 404 g/mol. The molecule has 2 unspecified atom stereocenters. The molecule has 2 aromatic rings. The van der Waals surface area contributed by atoms with Crippen LogP contribution in [0.4, 0.5) is 0 Å². The van der Waals surface area contributed by atoms with Gasteiger partial charge in [-0.15, -0.1) is 0 Å². The molecule has 6 nitrogen and oxygen atoms in total. The molecule has 2 saturated heterocycles. The third-order valence-corrected chi connectivity index (χ3v) is 7.61. The summed E-state index contributed by atoms with van der Waals surface area (Å²) in [5, 5.41) is 17.8. The van der Waals surface area contributed by atoms with E-state index in [0.29, 0.717) is 23.7 Å². The van der Waals surface area contributed by atoms with E-state index in [9.17, 15) is 9.59 Å². The van der Waals surface area contributed by atoms with Gasteiger partial charge in [0, 0.05) is 39.3 Å². The molecule has 0 radical (unpaired) electrons. The number of nitrogens with zero attached hydrogens (tertiary/aromatic N) is 2. The minimum Gasteiger partial charge on any atom is -0.481 e. The van der Waals surface area contributed by atoms with Crippen molar-refractivity contribution < 1.29 is 19.8 Å². The van der Waals surface area contributed by atoms with Crippen LogP contribution in [0.3, 0.4) is 0 Å². The Morgan fingerprint density at radius 2 is 0.938 bits per heavy atom. The monoisotopic (exact) mass is 434 g/mol. The number of rotatable bonds is 6. The van der Waals surface area contributed by atoms with Crippen LogP contribution in [0, 0.1) is 35.5 Å². The molecule has 2 aliphatic carbocycles. The normalized spacial score (nSPS) is 32.4. The first-order valence-corrected chi connectivity index (χ1v) is 11.5. The number of carboxylic acids is 2. The Bertz CT molecular complexity index is 863. The Hall–Kier alpha value is -2.70. The van der Waals surface area contributed by atoms with Crippen molar-refractivity contribution in [3.63, 3.8) is 0 Å². The number of aliphatic carboxylic acids is 2. The summed E-state index contributed by atoms with van der Waals surface area (Å²) < 4.78 is 0. The first-order chi connectivity index (χ1) is 15.5. The molecule has 6 rings (SSSR count). The maximum atomic E-state index is 10.8. The summed E-state index contributed by atoms with van der Waals surface area (Å²) in [4.78, 5) is 26.4. The Morgan fingerprint density at radius 1 is 0.625 bits per heavy atom. The van der Waals surface area contributed by atoms with Crippen LogP contribution < -0.4 is 0 Å². The number of piperidine rings is 2. The molecule has 2 aliphatic heterocycles. The fraction of sp³-hybridized carbons (Fsp3) is 0.462. The van der Waals surface area contributed by atoms with Crippen LogP contribution >= 0.6 is 0 Å². The molecule has 6 atom stereocenters. The summed E-state index contributed by atoms with van der Waals surface area (Å²) in [6, 6.07) is 20.7. The van der Waals surface area contributed by atoms with Crippen molar-refractivity contribution in [3.05, 3.63) is 71.8 Å². The molecule has 2 saturated carbocycles. The standard InChI is InChI=1S/2C13H15NO2/c2*15-13(16)12-10-7-14(8-11(10)12)6-9-4-2-1-3-5-9/h2*1-5,10-12H,6-8H2,(H,15,16)/t2*10-,11+,12?. The van der Waals surface area contributed by atoms with Crippen molar-refractivity contribution in [2.45, 2.75) is 13.1 Å². The smallest absolute Gasteiger partial charge is 0.307 e. The number of fused-ring (bicyclic) bond motifs is 2. The average molecular weight is 435 g/mol. The van der Waals surface area contributed by atoms with Gasteiger partial charge in [0.05, 0.1) is 11.8 Å². The van der Waals surface area contributed by atoms with E-state index in [-0.39, 0.29) is 11.8 Å². The first kappa shape index (κ1) is 21.2. The van der Waals surface area contributed by atoms with Gasteiger partial charge in [0.25, 0.3) is 0 Å². The Morgan fingerprint density at radius 3 is 1.22 bits per heavy atom. The highest BCUT2D eigenvalue weighted by atomic mass is 16.4. The lowest BCUT2D eigenvalue weighted by atomic mass is 10.2. The summed E-state index contributed by atoms with van der Waals surface area (Å²) in [6.45, 7) is 5.74. The van der Waals surface area contributed by atoms with Crippen molar-refractivity contribution in [3.8, 4) is 0 Å². The van der Waals surface area contributed by atoms with Crippen molar-refractivity contribution in [2.75, 3.05) is 26.2 Å². The zero-order valence-electron chi connectivity index (χ0n) is 18.1. The number of hydrogen-bond donors (Lipinski definition) is 2. The second-order valence-electron chi connectivity index (χ2n) is 9.74. The van der Waals surface area contributed by atoms with Crippen molar-refractivity contribution in [2.24, 2.45) is 35.5 Å². The van der Waals surface area contributed by atoms with Crippen LogP contribution in [-0.4, -0.2) is 58.1 Å². The summed E-state index contributed by atoms with van der Waals surface area (Å²) >= 11 is 0. The number of likely N-dealkylation sites (tertiary alicyclic amines) is 2. The largest absolute Gasteiger partial charge is 0.481 e. The molecule has 0 aromatic heterocycles. The first-order valence-electron chi connectivity index (χ1n) is 11.5. The second kappa shape index (κ2) is 8.68. The van der Waals surface area contributed by atoms with Gasteiger partial charge in [0.15, 0.2) is 0 Å². The lowest BCUT2D eigenvalue weighted by Crippen LogP contribution is -2.25. The van der Waals surface area contributed by atoms with Crippen LogP contribution in [-0.2, 0) is 22.7 Å². The van der Waals surface area contributed by atoms with Crippen molar-refractivity contribution in [1.29, 1.82) is 0 Å². The van der Waals surface area contributed by atoms with Gasteiger partial charge in [-0.25, -0.2) is 0 Å². The second-order valence-corrected chi connectivity index (χ2v) is 9.74. The summed E-state index contributed by atoms with van der Waals surface area (Å²) in [5.74, 6) is 0.368. The Kier molecular flexibility index (Phi) is 5.74. The van der Waals surface area contributed by atoms with Crippen molar-refractivity contribution >= 4 is 11.9 Å². The third kappa shape index (κ3) is 4.43. The van der Waals surface area contributed by atoms with E-state index in [1.165, 1.54) is 11.1 Å². The summed E-state index contributed by atoms with van der Waals surface area (Å²) in [5.41, 5.74) is 2.63. The Balaban J connectivity index is 0.000000135. The van der Waals surface area contributed by atoms with Crippen LogP contribution in [0.25, 0.3) is 0 Å². The van der Waals surface area contributed by atoms with Crippen LogP contribution in [0.15, 0.2) is 60.7 Å². The molecule has 2 N–H and O–H groups in total. The predicted octanol–water partition coefficient (Wildman–Crippen LogP) is 2.90. The highest BCUT2D eigenvalue weighted by Gasteiger charge is 2.60. The van der Waals surface area contributed by atoms with Crippen LogP contribution in [0.2, 0.25) is 0 Å². The summed E-state index contributed by atoms with van der Waals surface area (Å²) in [7, 11) is 0. The highest BCUT2D eigenvalue weighted by molar-refractivity contribution is 5.75. The molecule has 168 valence electrons. The fourth-order valence-corrected chi connectivity index (χ4v) is 5.90. The minimum absolute atomic E-state index is 0.0491. The molecule has 0 bridgehead atoms. The molecule has 32 heavy (non-hydrogen) atoms. The lowest BCUT2D eigenvalue weighted by molar-refractivity contribution is -0.140. The van der Waals surface area contributed by atoms with E-state index in [2.05, 4.69) is 34.1 Å². The topological polar surface area (TPSA) is 81.1 Å². The van der Waals surface area contributed by atoms with Gasteiger partial charge >= 0.3 is 11.9 Å². The Labute approximate surface area is 188 Å². The van der Waals surface area contributed by atoms with E-state index in [0.717, 1.165) is 39.3 Å². The molecule has 6 heteroatoms. The molecule has 4 fully saturated rings. The van der Waals surface area contributed by atoms with Crippen LogP contribution in [0.5, 0.6) is 0 Å².